The van der Waals surface area contributed by atoms with Crippen LogP contribution in [0.2, 0.25) is 0 Å². The molecule has 1 saturated heterocycles. The Morgan fingerprint density at radius 2 is 2.32 bits per heavy atom. The highest BCUT2D eigenvalue weighted by atomic mass is 19.1. The highest BCUT2D eigenvalue weighted by molar-refractivity contribution is 5.55. The summed E-state index contributed by atoms with van der Waals surface area (Å²) in [6.07, 6.45) is 2.98. The van der Waals surface area contributed by atoms with Crippen molar-refractivity contribution in [1.29, 1.82) is 0 Å². The summed E-state index contributed by atoms with van der Waals surface area (Å²) in [7, 11) is 1.62. The van der Waals surface area contributed by atoms with Crippen LogP contribution in [0, 0.1) is 0 Å². The molecule has 1 fully saturated rings. The van der Waals surface area contributed by atoms with Gasteiger partial charge in [0.1, 0.15) is 13.0 Å². The fraction of sp³-hybridized carbons (Fsp3) is 0.429. The van der Waals surface area contributed by atoms with Crippen LogP contribution in [-0.2, 0) is 11.8 Å². The van der Waals surface area contributed by atoms with Crippen LogP contribution in [0.3, 0.4) is 0 Å². The molecule has 0 radical (unpaired) electrons. The number of rotatable bonds is 3. The summed E-state index contributed by atoms with van der Waals surface area (Å²) < 4.78 is 19.9. The molecule has 0 unspecified atom stereocenters. The second-order valence-corrected chi connectivity index (χ2v) is 5.01. The third-order valence-electron chi connectivity index (χ3n) is 3.62. The molecule has 0 amide bonds. The second-order valence-electron chi connectivity index (χ2n) is 5.01. The molecule has 116 valence electrons. The summed E-state index contributed by atoms with van der Waals surface area (Å²) >= 11 is 0. The molecule has 1 aliphatic rings. The van der Waals surface area contributed by atoms with E-state index in [0.717, 1.165) is 0 Å². The molecule has 1 aliphatic heterocycles. The lowest BCUT2D eigenvalue weighted by Gasteiger charge is -2.35. The van der Waals surface area contributed by atoms with Gasteiger partial charge in [-0.05, 0) is 6.07 Å². The van der Waals surface area contributed by atoms with Crippen molar-refractivity contribution in [3.8, 4) is 11.4 Å². The molecule has 0 spiro atoms. The molecule has 0 N–H and O–H groups in total. The predicted molar refractivity (Wildman–Crippen MR) is 78.4 cm³/mol. The first-order valence-corrected chi connectivity index (χ1v) is 6.95. The third-order valence-corrected chi connectivity index (χ3v) is 3.62. The number of ether oxygens (including phenoxy) is 1. The molecular weight excluding hydrogens is 289 g/mol. The van der Waals surface area contributed by atoms with Crippen LogP contribution in [0.4, 0.5) is 10.3 Å². The van der Waals surface area contributed by atoms with Gasteiger partial charge in [-0.15, -0.1) is 0 Å². The Morgan fingerprint density at radius 3 is 3.05 bits per heavy atom. The molecule has 3 rings (SSSR count). The first-order valence-electron chi connectivity index (χ1n) is 6.95. The van der Waals surface area contributed by atoms with Crippen LogP contribution < -0.4 is 10.5 Å². The van der Waals surface area contributed by atoms with Gasteiger partial charge in [0, 0.05) is 25.9 Å². The summed E-state index contributed by atoms with van der Waals surface area (Å²) in [6, 6.07) is 2.65. The number of hydrogen-bond donors (Lipinski definition) is 0. The van der Waals surface area contributed by atoms with Gasteiger partial charge in [-0.3, -0.25) is 9.36 Å². The van der Waals surface area contributed by atoms with Crippen molar-refractivity contribution in [3.63, 3.8) is 0 Å². The number of halogens is 1. The Kier molecular flexibility index (Phi) is 4.10. The molecule has 22 heavy (non-hydrogen) atoms. The van der Waals surface area contributed by atoms with E-state index in [-0.39, 0.29) is 12.2 Å². The lowest BCUT2D eigenvalue weighted by Crippen LogP contribution is -2.49. The summed E-state index contributed by atoms with van der Waals surface area (Å²) in [5, 5.41) is 0. The van der Waals surface area contributed by atoms with Crippen molar-refractivity contribution in [2.75, 3.05) is 31.3 Å². The SMILES string of the molecule is Cn1c(N2CCOC[C@H]2CF)nc(-c2ccncn2)cc1=O. The van der Waals surface area contributed by atoms with Crippen molar-refractivity contribution in [3.05, 3.63) is 35.0 Å². The van der Waals surface area contributed by atoms with Crippen molar-refractivity contribution in [2.24, 2.45) is 7.05 Å². The largest absolute Gasteiger partial charge is 0.377 e. The van der Waals surface area contributed by atoms with Gasteiger partial charge in [-0.2, -0.15) is 0 Å². The van der Waals surface area contributed by atoms with Crippen molar-refractivity contribution in [2.45, 2.75) is 6.04 Å². The number of anilines is 1. The van der Waals surface area contributed by atoms with Gasteiger partial charge >= 0.3 is 0 Å². The van der Waals surface area contributed by atoms with Crippen LogP contribution in [0.1, 0.15) is 0 Å². The normalized spacial score (nSPS) is 18.5. The summed E-state index contributed by atoms with van der Waals surface area (Å²) in [4.78, 5) is 26.4. The van der Waals surface area contributed by atoms with Crippen LogP contribution in [0.15, 0.2) is 29.5 Å². The Labute approximate surface area is 126 Å². The van der Waals surface area contributed by atoms with E-state index in [4.69, 9.17) is 4.74 Å². The zero-order chi connectivity index (χ0) is 15.5. The highest BCUT2D eigenvalue weighted by Gasteiger charge is 2.26. The topological polar surface area (TPSA) is 73.1 Å². The fourth-order valence-electron chi connectivity index (χ4n) is 2.40. The van der Waals surface area contributed by atoms with Gasteiger partial charge < -0.3 is 9.64 Å². The summed E-state index contributed by atoms with van der Waals surface area (Å²) in [5.41, 5.74) is 0.784. The molecule has 2 aromatic rings. The maximum absolute atomic E-state index is 13.2. The molecule has 0 aliphatic carbocycles. The Bertz CT molecular complexity index is 706. The number of hydrogen-bond acceptors (Lipinski definition) is 6. The first kappa shape index (κ1) is 14.6. The van der Waals surface area contributed by atoms with Gasteiger partial charge in [0.2, 0.25) is 5.95 Å². The zero-order valence-electron chi connectivity index (χ0n) is 12.1. The highest BCUT2D eigenvalue weighted by Crippen LogP contribution is 2.19. The smallest absolute Gasteiger partial charge is 0.255 e. The van der Waals surface area contributed by atoms with E-state index < -0.39 is 12.7 Å². The van der Waals surface area contributed by atoms with Crippen molar-refractivity contribution >= 4 is 5.95 Å². The molecule has 8 heteroatoms. The Morgan fingerprint density at radius 1 is 1.45 bits per heavy atom. The van der Waals surface area contributed by atoms with Crippen molar-refractivity contribution < 1.29 is 9.13 Å². The van der Waals surface area contributed by atoms with E-state index in [0.29, 0.717) is 30.5 Å². The minimum absolute atomic E-state index is 0.220. The van der Waals surface area contributed by atoms with E-state index in [1.54, 1.807) is 24.2 Å². The van der Waals surface area contributed by atoms with E-state index in [9.17, 15) is 9.18 Å². The lowest BCUT2D eigenvalue weighted by molar-refractivity contribution is 0.0846. The summed E-state index contributed by atoms with van der Waals surface area (Å²) in [5.74, 6) is 0.423. The van der Waals surface area contributed by atoms with Gasteiger partial charge in [0.15, 0.2) is 0 Å². The van der Waals surface area contributed by atoms with Gasteiger partial charge in [-0.1, -0.05) is 0 Å². The van der Waals surface area contributed by atoms with Crippen molar-refractivity contribution in [1.82, 2.24) is 19.5 Å². The molecular formula is C14H16FN5O2. The number of alkyl halides is 1. The van der Waals surface area contributed by atoms with E-state index in [1.807, 2.05) is 0 Å². The number of nitrogens with zero attached hydrogens (tertiary/aromatic N) is 5. The first-order chi connectivity index (χ1) is 10.7. The lowest BCUT2D eigenvalue weighted by atomic mass is 10.2. The Balaban J connectivity index is 2.07. The third kappa shape index (κ3) is 2.69. The molecule has 0 aromatic carbocycles. The van der Waals surface area contributed by atoms with Gasteiger partial charge in [0.05, 0.1) is 30.6 Å². The molecule has 0 bridgehead atoms. The van der Waals surface area contributed by atoms with Crippen LogP contribution >= 0.6 is 0 Å². The molecule has 7 nitrogen and oxygen atoms in total. The quantitative estimate of drug-likeness (QED) is 0.818. The average Bonchev–Trinajstić information content (AvgIpc) is 2.58. The Hall–Kier alpha value is -2.35. The monoisotopic (exact) mass is 305 g/mol. The predicted octanol–water partition coefficient (Wildman–Crippen LogP) is 0.412. The fourth-order valence-corrected chi connectivity index (χ4v) is 2.40. The summed E-state index contributed by atoms with van der Waals surface area (Å²) in [6.45, 7) is 0.684. The van der Waals surface area contributed by atoms with Crippen LogP contribution in [0.5, 0.6) is 0 Å². The number of morpholine rings is 1. The molecule has 3 heterocycles. The molecule has 1 atom stereocenters. The van der Waals surface area contributed by atoms with E-state index in [2.05, 4.69) is 15.0 Å². The minimum atomic E-state index is -0.562. The maximum atomic E-state index is 13.2. The average molecular weight is 305 g/mol. The van der Waals surface area contributed by atoms with Gasteiger partial charge in [-0.25, -0.2) is 19.3 Å². The molecule has 2 aromatic heterocycles. The van der Waals surface area contributed by atoms with E-state index >= 15 is 0 Å². The maximum Gasteiger partial charge on any atom is 0.255 e. The molecule has 0 saturated carbocycles. The van der Waals surface area contributed by atoms with Gasteiger partial charge in [0.25, 0.3) is 5.56 Å². The van der Waals surface area contributed by atoms with Crippen LogP contribution in [0.25, 0.3) is 11.4 Å². The van der Waals surface area contributed by atoms with E-state index in [1.165, 1.54) is 17.0 Å². The second kappa shape index (κ2) is 6.18. The zero-order valence-corrected chi connectivity index (χ0v) is 12.1. The standard InChI is InChI=1S/C14H16FN5O2/c1-19-13(21)6-12(11-2-3-16-9-17-11)18-14(19)20-4-5-22-8-10(20)7-15/h2-3,6,9-10H,4-5,7-8H2,1H3/t10-/m1/s1. The van der Waals surface area contributed by atoms with Crippen LogP contribution in [-0.4, -0.2) is 52.0 Å². The minimum Gasteiger partial charge on any atom is -0.377 e. The number of aromatic nitrogens is 4.